The van der Waals surface area contributed by atoms with Crippen molar-refractivity contribution in [3.63, 3.8) is 0 Å². The molecule has 0 saturated heterocycles. The number of anilines is 2. The maximum absolute atomic E-state index is 15.6. The van der Waals surface area contributed by atoms with E-state index in [0.29, 0.717) is 29.4 Å². The predicted octanol–water partition coefficient (Wildman–Crippen LogP) is 5.56. The van der Waals surface area contributed by atoms with Crippen molar-refractivity contribution < 1.29 is 18.1 Å². The van der Waals surface area contributed by atoms with E-state index in [-0.39, 0.29) is 22.3 Å². The Morgan fingerprint density at radius 1 is 1.26 bits per heavy atom. The molecule has 10 nitrogen and oxygen atoms in total. The lowest BCUT2D eigenvalue weighted by Crippen LogP contribution is -2.54. The van der Waals surface area contributed by atoms with Crippen LogP contribution in [0.4, 0.5) is 20.8 Å². The fourth-order valence-electron chi connectivity index (χ4n) is 4.72. The standard InChI is InChI=1S/C26H33ClFN7O3S/c1-16(2)35-14-19(23(33-35)18-12-17(27)13-21(22(18)28)34-39(4)37)20-8-11-29-24(31-20)30-15-26(32-25(36)38-3)9-6-5-7-10-26/h8,11-14,16,34H,5-7,9-10,15H2,1-4H3,(H,32,36)(H,29,30,31). The summed E-state index contributed by atoms with van der Waals surface area (Å²) in [5.41, 5.74) is 1.16. The van der Waals surface area contributed by atoms with Gasteiger partial charge in [0.25, 0.3) is 0 Å². The number of nitrogens with one attached hydrogen (secondary N) is 3. The van der Waals surface area contributed by atoms with Gasteiger partial charge >= 0.3 is 6.09 Å². The molecule has 1 atom stereocenters. The molecule has 1 amide bonds. The highest BCUT2D eigenvalue weighted by Gasteiger charge is 2.34. The van der Waals surface area contributed by atoms with Gasteiger partial charge in [0.05, 0.1) is 24.0 Å². The molecule has 1 aliphatic rings. The quantitative estimate of drug-likeness (QED) is 0.304. The molecule has 1 aliphatic carbocycles. The number of nitrogens with zero attached hydrogens (tertiary/aromatic N) is 4. The third-order valence-electron chi connectivity index (χ3n) is 6.69. The van der Waals surface area contributed by atoms with Crippen molar-refractivity contribution in [3.8, 4) is 22.5 Å². The second kappa shape index (κ2) is 12.3. The Morgan fingerprint density at radius 2 is 2.00 bits per heavy atom. The van der Waals surface area contributed by atoms with Crippen molar-refractivity contribution in [2.75, 3.05) is 29.9 Å². The Kier molecular flexibility index (Phi) is 9.06. The number of carbonyl (C=O) groups excluding carboxylic acids is 1. The maximum atomic E-state index is 15.6. The summed E-state index contributed by atoms with van der Waals surface area (Å²) in [7, 11) is -0.145. The van der Waals surface area contributed by atoms with Crippen molar-refractivity contribution in [3.05, 3.63) is 41.4 Å². The molecular weight excluding hydrogens is 545 g/mol. The van der Waals surface area contributed by atoms with Crippen molar-refractivity contribution in [1.82, 2.24) is 25.1 Å². The average molecular weight is 578 g/mol. The third-order valence-corrected chi connectivity index (χ3v) is 7.41. The Hall–Kier alpha value is -3.25. The summed E-state index contributed by atoms with van der Waals surface area (Å²) in [5, 5.41) is 11.2. The molecule has 0 spiro atoms. The van der Waals surface area contributed by atoms with E-state index >= 15 is 4.39 Å². The van der Waals surface area contributed by atoms with Gasteiger partial charge < -0.3 is 20.1 Å². The lowest BCUT2D eigenvalue weighted by Gasteiger charge is -2.37. The van der Waals surface area contributed by atoms with Gasteiger partial charge in [-0.05, 0) is 44.9 Å². The van der Waals surface area contributed by atoms with E-state index in [0.717, 1.165) is 32.1 Å². The van der Waals surface area contributed by atoms with Crippen LogP contribution in [0.1, 0.15) is 52.0 Å². The van der Waals surface area contributed by atoms with Crippen molar-refractivity contribution >= 4 is 40.3 Å². The first-order valence-electron chi connectivity index (χ1n) is 12.7. The summed E-state index contributed by atoms with van der Waals surface area (Å²) >= 11 is 6.31. The van der Waals surface area contributed by atoms with Crippen LogP contribution in [0, 0.1) is 5.82 Å². The minimum atomic E-state index is -1.50. The molecular formula is C26H33ClFN7O3S. The molecule has 39 heavy (non-hydrogen) atoms. The number of carbonyl (C=O) groups is 1. The first-order valence-corrected chi connectivity index (χ1v) is 14.7. The largest absolute Gasteiger partial charge is 0.453 e. The van der Waals surface area contributed by atoms with E-state index in [1.165, 1.54) is 25.5 Å². The van der Waals surface area contributed by atoms with Gasteiger partial charge in [0.2, 0.25) is 5.95 Å². The molecule has 3 aromatic rings. The SMILES string of the molecule is COC(=O)NC1(CNc2nccc(-c3cn(C(C)C)nc3-c3cc(Cl)cc(NS(C)=O)c3F)n2)CCCCC1. The molecule has 1 unspecified atom stereocenters. The zero-order chi connectivity index (χ0) is 28.2. The third kappa shape index (κ3) is 6.85. The topological polar surface area (TPSA) is 123 Å². The van der Waals surface area contributed by atoms with Gasteiger partial charge in [-0.25, -0.2) is 23.4 Å². The fraction of sp³-hybridized carbons (Fsp3) is 0.462. The second-order valence-electron chi connectivity index (χ2n) is 9.91. The second-order valence-corrected chi connectivity index (χ2v) is 11.5. The molecule has 3 N–H and O–H groups in total. The van der Waals surface area contributed by atoms with E-state index < -0.39 is 28.4 Å². The summed E-state index contributed by atoms with van der Waals surface area (Å²) in [5.74, 6) is -0.256. The smallest absolute Gasteiger partial charge is 0.407 e. The Labute approximate surface area is 234 Å². The van der Waals surface area contributed by atoms with Crippen LogP contribution in [0.5, 0.6) is 0 Å². The van der Waals surface area contributed by atoms with E-state index in [1.54, 1.807) is 23.1 Å². The van der Waals surface area contributed by atoms with Gasteiger partial charge in [-0.3, -0.25) is 4.68 Å². The number of rotatable bonds is 9. The van der Waals surface area contributed by atoms with Gasteiger partial charge in [-0.2, -0.15) is 5.10 Å². The number of halogens is 2. The molecule has 13 heteroatoms. The molecule has 0 radical (unpaired) electrons. The van der Waals surface area contributed by atoms with Crippen LogP contribution in [-0.2, 0) is 15.7 Å². The average Bonchev–Trinajstić information content (AvgIpc) is 3.36. The van der Waals surface area contributed by atoms with Crippen LogP contribution in [0.15, 0.2) is 30.6 Å². The number of ether oxygens (including phenoxy) is 1. The van der Waals surface area contributed by atoms with Crippen LogP contribution in [0.2, 0.25) is 5.02 Å². The Balaban J connectivity index is 1.70. The molecule has 2 aromatic heterocycles. The minimum absolute atomic E-state index is 0.00419. The van der Waals surface area contributed by atoms with Crippen molar-refractivity contribution in [2.24, 2.45) is 0 Å². The Morgan fingerprint density at radius 3 is 2.67 bits per heavy atom. The lowest BCUT2D eigenvalue weighted by atomic mass is 9.81. The molecule has 4 rings (SSSR count). The normalized spacial score (nSPS) is 15.6. The van der Waals surface area contributed by atoms with Gasteiger partial charge in [0.1, 0.15) is 16.7 Å². The van der Waals surface area contributed by atoms with E-state index in [4.69, 9.17) is 21.3 Å². The van der Waals surface area contributed by atoms with E-state index in [9.17, 15) is 9.00 Å². The molecule has 1 fully saturated rings. The molecule has 1 aromatic carbocycles. The monoisotopic (exact) mass is 577 g/mol. The van der Waals surface area contributed by atoms with Gasteiger partial charge in [-0.1, -0.05) is 30.9 Å². The first kappa shape index (κ1) is 28.8. The zero-order valence-electron chi connectivity index (χ0n) is 22.4. The molecule has 0 bridgehead atoms. The van der Waals surface area contributed by atoms with Crippen LogP contribution < -0.4 is 15.4 Å². The van der Waals surface area contributed by atoms with Gasteiger partial charge in [0, 0.05) is 47.4 Å². The van der Waals surface area contributed by atoms with Crippen LogP contribution in [0.25, 0.3) is 22.5 Å². The number of amides is 1. The van der Waals surface area contributed by atoms with Crippen molar-refractivity contribution in [2.45, 2.75) is 57.5 Å². The number of methoxy groups -OCH3 is 1. The van der Waals surface area contributed by atoms with Crippen LogP contribution >= 0.6 is 11.6 Å². The summed E-state index contributed by atoms with van der Waals surface area (Å²) in [6.07, 6.45) is 9.10. The maximum Gasteiger partial charge on any atom is 0.407 e. The first-order chi connectivity index (χ1) is 18.6. The fourth-order valence-corrected chi connectivity index (χ4v) is 5.39. The van der Waals surface area contributed by atoms with Gasteiger partial charge in [0.15, 0.2) is 5.82 Å². The number of hydrogen-bond acceptors (Lipinski definition) is 7. The molecule has 210 valence electrons. The lowest BCUT2D eigenvalue weighted by molar-refractivity contribution is 0.146. The van der Waals surface area contributed by atoms with Crippen LogP contribution in [0.3, 0.4) is 0 Å². The van der Waals surface area contributed by atoms with Gasteiger partial charge in [-0.15, -0.1) is 0 Å². The summed E-state index contributed by atoms with van der Waals surface area (Å²) in [6, 6.07) is 4.60. The summed E-state index contributed by atoms with van der Waals surface area (Å²) in [4.78, 5) is 21.1. The number of hydrogen-bond donors (Lipinski definition) is 3. The van der Waals surface area contributed by atoms with E-state index in [1.807, 2.05) is 13.8 Å². The molecule has 0 aliphatic heterocycles. The highest BCUT2D eigenvalue weighted by Crippen LogP contribution is 2.37. The minimum Gasteiger partial charge on any atom is -0.453 e. The zero-order valence-corrected chi connectivity index (χ0v) is 24.0. The van der Waals surface area contributed by atoms with Crippen molar-refractivity contribution in [1.29, 1.82) is 0 Å². The highest BCUT2D eigenvalue weighted by molar-refractivity contribution is 7.85. The molecule has 1 saturated carbocycles. The number of alkyl carbamates (subject to hydrolysis) is 1. The van der Waals surface area contributed by atoms with E-state index in [2.05, 4.69) is 25.4 Å². The highest BCUT2D eigenvalue weighted by atomic mass is 35.5. The molecule has 2 heterocycles. The number of aromatic nitrogens is 4. The Bertz CT molecular complexity index is 1360. The summed E-state index contributed by atoms with van der Waals surface area (Å²) < 4.78 is 36.5. The summed E-state index contributed by atoms with van der Waals surface area (Å²) in [6.45, 7) is 4.36. The predicted molar refractivity (Wildman–Crippen MR) is 152 cm³/mol. The number of benzene rings is 1. The van der Waals surface area contributed by atoms with Crippen LogP contribution in [-0.4, -0.2) is 55.5 Å².